The number of benzene rings is 2. The quantitative estimate of drug-likeness (QED) is 0.748. The molecule has 110 valence electrons. The molecule has 1 aliphatic rings. The number of hydrogen-bond donors (Lipinski definition) is 1. The van der Waals surface area contributed by atoms with Crippen molar-refractivity contribution in [3.8, 4) is 11.5 Å². The van der Waals surface area contributed by atoms with E-state index < -0.39 is 11.9 Å². The zero-order valence-corrected chi connectivity index (χ0v) is 12.1. The van der Waals surface area contributed by atoms with E-state index in [-0.39, 0.29) is 0 Å². The molecule has 2 aromatic carbocycles. The molecule has 0 fully saturated rings. The van der Waals surface area contributed by atoms with E-state index in [1.54, 1.807) is 19.1 Å². The van der Waals surface area contributed by atoms with Crippen LogP contribution in [0.5, 0.6) is 11.5 Å². The lowest BCUT2D eigenvalue weighted by Crippen LogP contribution is -2.49. The minimum absolute atomic E-state index is 0.438. The third-order valence-corrected chi connectivity index (χ3v) is 3.93. The van der Waals surface area contributed by atoms with Crippen LogP contribution in [0.2, 0.25) is 0 Å². The smallest absolute Gasteiger partial charge is 0.289 e. The molecular weight excluding hydrogens is 278 g/mol. The Bertz CT molecular complexity index is 848. The van der Waals surface area contributed by atoms with E-state index in [1.165, 1.54) is 0 Å². The van der Waals surface area contributed by atoms with Crippen LogP contribution in [0, 0.1) is 0 Å². The lowest BCUT2D eigenvalue weighted by molar-refractivity contribution is -0.219. The molecule has 0 saturated heterocycles. The van der Waals surface area contributed by atoms with Gasteiger partial charge in [0, 0.05) is 5.39 Å². The van der Waals surface area contributed by atoms with Gasteiger partial charge in [-0.1, -0.05) is 36.4 Å². The standard InChI is InChI=1S/C18H15NO3/c1-12-18(20,22-16-9-5-4-8-15(16)21-12)17-11-10-13-6-2-3-7-14(13)19-17/h2-12,20H,1H3/t12-,18+/m0/s1. The summed E-state index contributed by atoms with van der Waals surface area (Å²) in [5.74, 6) is -0.475. The summed E-state index contributed by atoms with van der Waals surface area (Å²) in [6.45, 7) is 1.77. The first-order chi connectivity index (χ1) is 10.7. The van der Waals surface area contributed by atoms with Gasteiger partial charge in [-0.2, -0.15) is 0 Å². The second-order valence-electron chi connectivity index (χ2n) is 5.39. The van der Waals surface area contributed by atoms with Crippen molar-refractivity contribution in [1.29, 1.82) is 0 Å². The zero-order chi connectivity index (χ0) is 15.2. The van der Waals surface area contributed by atoms with Crippen LogP contribution in [0.25, 0.3) is 10.9 Å². The van der Waals surface area contributed by atoms with Gasteiger partial charge in [0.2, 0.25) is 0 Å². The maximum absolute atomic E-state index is 11.0. The molecule has 0 aliphatic carbocycles. The summed E-state index contributed by atoms with van der Waals surface area (Å²) in [7, 11) is 0. The average molecular weight is 293 g/mol. The Hall–Kier alpha value is -2.59. The molecule has 2 atom stereocenters. The Kier molecular flexibility index (Phi) is 2.81. The van der Waals surface area contributed by atoms with Crippen molar-refractivity contribution in [2.45, 2.75) is 18.8 Å². The number of aliphatic hydroxyl groups is 1. The molecule has 2 heterocycles. The van der Waals surface area contributed by atoms with Crippen LogP contribution in [0.1, 0.15) is 12.6 Å². The third kappa shape index (κ3) is 1.92. The van der Waals surface area contributed by atoms with Crippen molar-refractivity contribution < 1.29 is 14.6 Å². The molecule has 0 saturated carbocycles. The molecule has 1 N–H and O–H groups in total. The topological polar surface area (TPSA) is 51.6 Å². The van der Waals surface area contributed by atoms with Gasteiger partial charge >= 0.3 is 0 Å². The molecule has 1 aromatic heterocycles. The zero-order valence-electron chi connectivity index (χ0n) is 12.1. The van der Waals surface area contributed by atoms with Crippen LogP contribution < -0.4 is 9.47 Å². The van der Waals surface area contributed by atoms with Crippen molar-refractivity contribution in [3.63, 3.8) is 0 Å². The fourth-order valence-electron chi connectivity index (χ4n) is 2.68. The fraction of sp³-hybridized carbons (Fsp3) is 0.167. The maximum atomic E-state index is 11.0. The molecule has 0 amide bonds. The van der Waals surface area contributed by atoms with Crippen molar-refractivity contribution in [3.05, 3.63) is 66.4 Å². The summed E-state index contributed by atoms with van der Waals surface area (Å²) >= 11 is 0. The van der Waals surface area contributed by atoms with Gasteiger partial charge in [0.25, 0.3) is 5.79 Å². The Morgan fingerprint density at radius 2 is 1.68 bits per heavy atom. The van der Waals surface area contributed by atoms with Crippen LogP contribution in [-0.4, -0.2) is 16.2 Å². The predicted octanol–water partition coefficient (Wildman–Crippen LogP) is 3.24. The van der Waals surface area contributed by atoms with Gasteiger partial charge in [-0.15, -0.1) is 0 Å². The highest BCUT2D eigenvalue weighted by atomic mass is 16.7. The Morgan fingerprint density at radius 1 is 0.955 bits per heavy atom. The summed E-state index contributed by atoms with van der Waals surface area (Å²) in [6, 6.07) is 18.8. The molecule has 22 heavy (non-hydrogen) atoms. The van der Waals surface area contributed by atoms with Crippen molar-refractivity contribution in [2.75, 3.05) is 0 Å². The largest absolute Gasteiger partial charge is 0.479 e. The number of hydrogen-bond acceptors (Lipinski definition) is 4. The number of aromatic nitrogens is 1. The van der Waals surface area contributed by atoms with E-state index in [0.717, 1.165) is 10.9 Å². The second-order valence-corrected chi connectivity index (χ2v) is 5.39. The van der Waals surface area contributed by atoms with Crippen LogP contribution in [0.15, 0.2) is 60.7 Å². The summed E-state index contributed by atoms with van der Waals surface area (Å²) in [5, 5.41) is 12.0. The number of nitrogens with zero attached hydrogens (tertiary/aromatic N) is 1. The maximum Gasteiger partial charge on any atom is 0.289 e. The monoisotopic (exact) mass is 293 g/mol. The molecule has 3 aromatic rings. The number of para-hydroxylation sites is 3. The first-order valence-electron chi connectivity index (χ1n) is 7.20. The highest BCUT2D eigenvalue weighted by Crippen LogP contribution is 2.41. The number of pyridine rings is 1. The van der Waals surface area contributed by atoms with Gasteiger partial charge in [-0.3, -0.25) is 0 Å². The van der Waals surface area contributed by atoms with E-state index in [9.17, 15) is 5.11 Å². The van der Waals surface area contributed by atoms with E-state index in [1.807, 2.05) is 48.5 Å². The lowest BCUT2D eigenvalue weighted by Gasteiger charge is -2.38. The van der Waals surface area contributed by atoms with Gasteiger partial charge in [-0.25, -0.2) is 4.98 Å². The molecule has 0 radical (unpaired) electrons. The van der Waals surface area contributed by atoms with Gasteiger partial charge < -0.3 is 14.6 Å². The molecule has 4 heteroatoms. The Balaban J connectivity index is 1.82. The van der Waals surface area contributed by atoms with Crippen LogP contribution in [-0.2, 0) is 5.79 Å². The van der Waals surface area contributed by atoms with Gasteiger partial charge in [0.15, 0.2) is 17.6 Å². The van der Waals surface area contributed by atoms with Crippen LogP contribution in [0.3, 0.4) is 0 Å². The van der Waals surface area contributed by atoms with Crippen LogP contribution in [0.4, 0.5) is 0 Å². The Morgan fingerprint density at radius 3 is 2.55 bits per heavy atom. The molecule has 1 aliphatic heterocycles. The normalized spacial score (nSPS) is 23.5. The van der Waals surface area contributed by atoms with Crippen molar-refractivity contribution >= 4 is 10.9 Å². The van der Waals surface area contributed by atoms with Crippen LogP contribution >= 0.6 is 0 Å². The Labute approximate surface area is 128 Å². The predicted molar refractivity (Wildman–Crippen MR) is 82.8 cm³/mol. The first kappa shape index (κ1) is 13.1. The number of ether oxygens (including phenoxy) is 2. The molecule has 0 unspecified atom stereocenters. The number of rotatable bonds is 1. The minimum atomic E-state index is -1.61. The summed E-state index contributed by atoms with van der Waals surface area (Å²) in [5.41, 5.74) is 1.25. The summed E-state index contributed by atoms with van der Waals surface area (Å²) in [6.07, 6.45) is -0.573. The van der Waals surface area contributed by atoms with Gasteiger partial charge in [-0.05, 0) is 31.2 Å². The van der Waals surface area contributed by atoms with Crippen molar-refractivity contribution in [1.82, 2.24) is 4.98 Å². The molecule has 4 nitrogen and oxygen atoms in total. The SMILES string of the molecule is C[C@@H]1Oc2ccccc2O[C@@]1(O)c1ccc2ccccc2n1. The molecule has 0 spiro atoms. The molecule has 0 bridgehead atoms. The average Bonchev–Trinajstić information content (AvgIpc) is 2.55. The van der Waals surface area contributed by atoms with E-state index >= 15 is 0 Å². The summed E-state index contributed by atoms with van der Waals surface area (Å²) in [4.78, 5) is 4.54. The highest BCUT2D eigenvalue weighted by molar-refractivity contribution is 5.78. The van der Waals surface area contributed by atoms with Gasteiger partial charge in [0.1, 0.15) is 5.69 Å². The van der Waals surface area contributed by atoms with E-state index in [0.29, 0.717) is 17.2 Å². The highest BCUT2D eigenvalue weighted by Gasteiger charge is 2.45. The second kappa shape index (κ2) is 4.71. The van der Waals surface area contributed by atoms with Crippen molar-refractivity contribution in [2.24, 2.45) is 0 Å². The van der Waals surface area contributed by atoms with E-state index in [2.05, 4.69) is 4.98 Å². The molecule has 4 rings (SSSR count). The van der Waals surface area contributed by atoms with Gasteiger partial charge in [0.05, 0.1) is 5.52 Å². The first-order valence-corrected chi connectivity index (χ1v) is 7.20. The fourth-order valence-corrected chi connectivity index (χ4v) is 2.68. The minimum Gasteiger partial charge on any atom is -0.479 e. The summed E-state index contributed by atoms with van der Waals surface area (Å²) < 4.78 is 11.6. The third-order valence-electron chi connectivity index (χ3n) is 3.93. The molecular formula is C18H15NO3. The van der Waals surface area contributed by atoms with E-state index in [4.69, 9.17) is 9.47 Å². The number of fused-ring (bicyclic) bond motifs is 2. The lowest BCUT2D eigenvalue weighted by atomic mass is 10.0.